The monoisotopic (exact) mass is 401 g/mol. The van der Waals surface area contributed by atoms with E-state index in [9.17, 15) is 9.59 Å². The highest BCUT2D eigenvalue weighted by Crippen LogP contribution is 2.31. The smallest absolute Gasteiger partial charge is 0.302 e. The Morgan fingerprint density at radius 3 is 2.93 bits per heavy atom. The molecule has 0 spiro atoms. The molecule has 0 saturated heterocycles. The summed E-state index contributed by atoms with van der Waals surface area (Å²) in [6.45, 7) is 1.74. The lowest BCUT2D eigenvalue weighted by Gasteiger charge is -2.05. The van der Waals surface area contributed by atoms with Crippen LogP contribution in [0.3, 0.4) is 0 Å². The van der Waals surface area contributed by atoms with Gasteiger partial charge in [0.15, 0.2) is 5.58 Å². The van der Waals surface area contributed by atoms with E-state index >= 15 is 0 Å². The molecule has 1 aromatic carbocycles. The van der Waals surface area contributed by atoms with Gasteiger partial charge in [-0.1, -0.05) is 11.6 Å². The Morgan fingerprint density at radius 1 is 1.39 bits per heavy atom. The van der Waals surface area contributed by atoms with Crippen molar-refractivity contribution in [1.29, 1.82) is 0 Å². The maximum absolute atomic E-state index is 12.5. The summed E-state index contributed by atoms with van der Waals surface area (Å²) in [5.41, 5.74) is 2.47. The summed E-state index contributed by atoms with van der Waals surface area (Å²) < 4.78 is 13.6. The van der Waals surface area contributed by atoms with Crippen LogP contribution in [0, 0.1) is 6.92 Å². The number of benzene rings is 1. The Labute approximate surface area is 163 Å². The number of hydrogen-bond acceptors (Lipinski definition) is 6. The van der Waals surface area contributed by atoms with Gasteiger partial charge in [0.05, 0.1) is 24.0 Å². The van der Waals surface area contributed by atoms with Crippen molar-refractivity contribution in [2.24, 2.45) is 7.05 Å². The van der Waals surface area contributed by atoms with E-state index in [-0.39, 0.29) is 18.1 Å². The molecule has 10 heteroatoms. The molecular weight excluding hydrogens is 386 g/mol. The van der Waals surface area contributed by atoms with Gasteiger partial charge in [0, 0.05) is 25.4 Å². The van der Waals surface area contributed by atoms with Crippen LogP contribution in [0.4, 0.5) is 6.01 Å². The van der Waals surface area contributed by atoms with Crippen molar-refractivity contribution >= 4 is 45.7 Å². The number of anilines is 1. The molecule has 28 heavy (non-hydrogen) atoms. The maximum atomic E-state index is 12.5. The Balaban J connectivity index is 1.61. The standard InChI is InChI=1S/C18H16ClN5O4/c1-9-6-23(2)17(26)16-15(9)20-8-24(16)7-14(25)22-18-21-11-5-12(27-3)10(19)4-13(11)28-18/h4-6,8H,7H2,1-3H3,(H,21,22,25). The van der Waals surface area contributed by atoms with Crippen molar-refractivity contribution in [3.05, 3.63) is 45.6 Å². The van der Waals surface area contributed by atoms with E-state index < -0.39 is 5.91 Å². The predicted octanol–water partition coefficient (Wildman–Crippen LogP) is 2.49. The molecule has 0 atom stereocenters. The van der Waals surface area contributed by atoms with Crippen LogP contribution in [0.15, 0.2) is 33.9 Å². The first-order chi connectivity index (χ1) is 13.4. The van der Waals surface area contributed by atoms with Gasteiger partial charge in [-0.2, -0.15) is 4.98 Å². The molecule has 4 rings (SSSR count). The third kappa shape index (κ3) is 2.99. The number of nitrogens with one attached hydrogen (secondary N) is 1. The molecule has 0 unspecified atom stereocenters. The fourth-order valence-electron chi connectivity index (χ4n) is 3.05. The highest BCUT2D eigenvalue weighted by Gasteiger charge is 2.16. The number of carbonyl (C=O) groups is 1. The maximum Gasteiger partial charge on any atom is 0.302 e. The second-order valence-corrected chi connectivity index (χ2v) is 6.73. The Hall–Kier alpha value is -3.33. The molecule has 1 amide bonds. The van der Waals surface area contributed by atoms with Crippen LogP contribution >= 0.6 is 11.6 Å². The molecule has 0 bridgehead atoms. The van der Waals surface area contributed by atoms with E-state index in [1.807, 2.05) is 6.92 Å². The van der Waals surface area contributed by atoms with Crippen molar-refractivity contribution in [3.8, 4) is 5.75 Å². The second kappa shape index (κ2) is 6.68. The van der Waals surface area contributed by atoms with E-state index in [1.165, 1.54) is 22.6 Å². The molecule has 0 saturated carbocycles. The Kier molecular flexibility index (Phi) is 4.31. The van der Waals surface area contributed by atoms with Gasteiger partial charge >= 0.3 is 6.01 Å². The van der Waals surface area contributed by atoms with E-state index in [4.69, 9.17) is 20.8 Å². The minimum Gasteiger partial charge on any atom is -0.495 e. The van der Waals surface area contributed by atoms with Crippen LogP contribution in [0.1, 0.15) is 5.56 Å². The summed E-state index contributed by atoms with van der Waals surface area (Å²) in [4.78, 5) is 33.3. The van der Waals surface area contributed by atoms with Crippen molar-refractivity contribution in [1.82, 2.24) is 19.1 Å². The second-order valence-electron chi connectivity index (χ2n) is 6.32. The zero-order valence-corrected chi connectivity index (χ0v) is 16.1. The number of aryl methyl sites for hydroxylation is 2. The molecule has 0 aliphatic rings. The van der Waals surface area contributed by atoms with Crippen LogP contribution in [0.5, 0.6) is 5.75 Å². The number of methoxy groups -OCH3 is 1. The molecule has 0 fully saturated rings. The molecule has 144 valence electrons. The van der Waals surface area contributed by atoms with Gasteiger partial charge in [-0.25, -0.2) is 4.98 Å². The Bertz CT molecular complexity index is 1290. The molecule has 9 nitrogen and oxygen atoms in total. The fraction of sp³-hybridized carbons (Fsp3) is 0.222. The minimum absolute atomic E-state index is 0.0258. The third-order valence-electron chi connectivity index (χ3n) is 4.34. The minimum atomic E-state index is -0.410. The molecule has 0 aliphatic carbocycles. The van der Waals surface area contributed by atoms with Gasteiger partial charge in [0.1, 0.15) is 23.3 Å². The molecule has 3 aromatic heterocycles. The molecule has 3 heterocycles. The van der Waals surface area contributed by atoms with Crippen molar-refractivity contribution in [2.45, 2.75) is 13.5 Å². The normalized spacial score (nSPS) is 11.3. The van der Waals surface area contributed by atoms with Gasteiger partial charge in [-0.3, -0.25) is 14.9 Å². The van der Waals surface area contributed by atoms with E-state index in [1.54, 1.807) is 25.4 Å². The topological polar surface area (TPSA) is 104 Å². The van der Waals surface area contributed by atoms with E-state index in [0.717, 1.165) is 5.56 Å². The van der Waals surface area contributed by atoms with Crippen LogP contribution in [-0.2, 0) is 18.4 Å². The number of hydrogen-bond donors (Lipinski definition) is 1. The summed E-state index contributed by atoms with van der Waals surface area (Å²) in [5.74, 6) is 0.0453. The first kappa shape index (κ1) is 18.1. The zero-order chi connectivity index (χ0) is 20.0. The number of rotatable bonds is 4. The van der Waals surface area contributed by atoms with Crippen LogP contribution in [0.2, 0.25) is 5.02 Å². The third-order valence-corrected chi connectivity index (χ3v) is 4.64. The average molecular weight is 402 g/mol. The SMILES string of the molecule is COc1cc2nc(NC(=O)Cn3cnc4c(C)cn(C)c(=O)c43)oc2cc1Cl. The molecule has 0 radical (unpaired) electrons. The number of nitrogens with zero attached hydrogens (tertiary/aromatic N) is 4. The molecule has 0 aliphatic heterocycles. The first-order valence-corrected chi connectivity index (χ1v) is 8.70. The lowest BCUT2D eigenvalue weighted by Crippen LogP contribution is -2.23. The van der Waals surface area contributed by atoms with Gasteiger partial charge in [0.25, 0.3) is 5.56 Å². The number of imidazole rings is 1. The van der Waals surface area contributed by atoms with Gasteiger partial charge in [-0.05, 0) is 12.5 Å². The number of carbonyl (C=O) groups excluding carboxylic acids is 1. The summed E-state index contributed by atoms with van der Waals surface area (Å²) in [6, 6.07) is 3.21. The fourth-order valence-corrected chi connectivity index (χ4v) is 3.28. The van der Waals surface area contributed by atoms with Gasteiger partial charge in [0.2, 0.25) is 5.91 Å². The van der Waals surface area contributed by atoms with Crippen LogP contribution < -0.4 is 15.6 Å². The largest absolute Gasteiger partial charge is 0.495 e. The summed E-state index contributed by atoms with van der Waals surface area (Å²) in [5, 5.41) is 2.96. The highest BCUT2D eigenvalue weighted by molar-refractivity contribution is 6.32. The van der Waals surface area contributed by atoms with Crippen LogP contribution in [-0.4, -0.2) is 32.1 Å². The number of oxazole rings is 1. The van der Waals surface area contributed by atoms with E-state index in [0.29, 0.717) is 32.9 Å². The average Bonchev–Trinajstić information content (AvgIpc) is 3.22. The first-order valence-electron chi connectivity index (χ1n) is 8.32. The number of ether oxygens (including phenoxy) is 1. The summed E-state index contributed by atoms with van der Waals surface area (Å²) in [7, 11) is 3.15. The van der Waals surface area contributed by atoms with Crippen molar-refractivity contribution in [3.63, 3.8) is 0 Å². The molecule has 4 aromatic rings. The number of amides is 1. The van der Waals surface area contributed by atoms with Crippen molar-refractivity contribution < 1.29 is 13.9 Å². The number of halogens is 1. The number of fused-ring (bicyclic) bond motifs is 2. The Morgan fingerprint density at radius 2 is 2.18 bits per heavy atom. The highest BCUT2D eigenvalue weighted by atomic mass is 35.5. The number of aromatic nitrogens is 4. The van der Waals surface area contributed by atoms with Gasteiger partial charge < -0.3 is 18.3 Å². The zero-order valence-electron chi connectivity index (χ0n) is 15.3. The summed E-state index contributed by atoms with van der Waals surface area (Å²) in [6.07, 6.45) is 3.18. The molecule has 1 N–H and O–H groups in total. The van der Waals surface area contributed by atoms with Crippen LogP contribution in [0.25, 0.3) is 22.1 Å². The quantitative estimate of drug-likeness (QED) is 0.563. The van der Waals surface area contributed by atoms with Gasteiger partial charge in [-0.15, -0.1) is 0 Å². The lowest BCUT2D eigenvalue weighted by molar-refractivity contribution is -0.116. The summed E-state index contributed by atoms with van der Waals surface area (Å²) >= 11 is 6.07. The predicted molar refractivity (Wildman–Crippen MR) is 104 cm³/mol. The van der Waals surface area contributed by atoms with Crippen molar-refractivity contribution in [2.75, 3.05) is 12.4 Å². The van der Waals surface area contributed by atoms with E-state index in [2.05, 4.69) is 15.3 Å². The number of pyridine rings is 1. The molecular formula is C18H16ClN5O4. The lowest BCUT2D eigenvalue weighted by atomic mass is 10.2.